The lowest BCUT2D eigenvalue weighted by Crippen LogP contribution is -2.11. The van der Waals surface area contributed by atoms with Crippen LogP contribution in [0.5, 0.6) is 11.6 Å². The Hall–Kier alpha value is -2.33. The molecule has 0 aliphatic carbocycles. The maximum absolute atomic E-state index is 13.6. The second-order valence-electron chi connectivity index (χ2n) is 3.72. The molecule has 2 rings (SSSR count). The summed E-state index contributed by atoms with van der Waals surface area (Å²) < 4.78 is 32.3. The zero-order chi connectivity index (χ0) is 15.6. The first-order valence-corrected chi connectivity index (χ1v) is 6.16. The number of nitrogen functional groups attached to an aromatic ring is 1. The molecule has 0 bridgehead atoms. The van der Waals surface area contributed by atoms with Crippen LogP contribution in [0.3, 0.4) is 0 Å². The maximum Gasteiger partial charge on any atom is 0.273 e. The monoisotopic (exact) mass is 360 g/mol. The van der Waals surface area contributed by atoms with Gasteiger partial charge < -0.3 is 10.2 Å². The highest BCUT2D eigenvalue weighted by molar-refractivity contribution is 9.10. The standard InChI is InChI=1S/C11H7BrF2N4O3/c12-6-2-1-5(18(19)20)3-9(6)21-11-8(14)4-7(13)10(16-11)17-15/h1-4H,15H2,(H,16,17). The van der Waals surface area contributed by atoms with Gasteiger partial charge in [-0.3, -0.25) is 10.1 Å². The fourth-order valence-corrected chi connectivity index (χ4v) is 1.74. The molecule has 10 heteroatoms. The molecule has 0 aliphatic heterocycles. The summed E-state index contributed by atoms with van der Waals surface area (Å²) in [6.45, 7) is 0. The average Bonchev–Trinajstić information content (AvgIpc) is 2.43. The van der Waals surface area contributed by atoms with Gasteiger partial charge in [0.15, 0.2) is 23.2 Å². The lowest BCUT2D eigenvalue weighted by Gasteiger charge is -2.09. The highest BCUT2D eigenvalue weighted by atomic mass is 79.9. The second kappa shape index (κ2) is 5.97. The summed E-state index contributed by atoms with van der Waals surface area (Å²) >= 11 is 3.10. The fraction of sp³-hybridized carbons (Fsp3) is 0. The van der Waals surface area contributed by atoms with Crippen LogP contribution in [0, 0.1) is 21.7 Å². The highest BCUT2D eigenvalue weighted by Crippen LogP contribution is 2.34. The van der Waals surface area contributed by atoms with Crippen LogP contribution in [0.25, 0.3) is 0 Å². The number of pyridine rings is 1. The van der Waals surface area contributed by atoms with Gasteiger partial charge in [-0.1, -0.05) is 0 Å². The number of benzene rings is 1. The minimum Gasteiger partial charge on any atom is -0.435 e. The van der Waals surface area contributed by atoms with Gasteiger partial charge >= 0.3 is 0 Å². The molecule has 0 spiro atoms. The number of nitro benzene ring substituents is 1. The van der Waals surface area contributed by atoms with E-state index in [0.29, 0.717) is 10.5 Å². The van der Waals surface area contributed by atoms with Crippen LogP contribution in [0.4, 0.5) is 20.3 Å². The number of aromatic nitrogens is 1. The van der Waals surface area contributed by atoms with E-state index in [4.69, 9.17) is 10.6 Å². The molecule has 21 heavy (non-hydrogen) atoms. The maximum atomic E-state index is 13.6. The van der Waals surface area contributed by atoms with Crippen molar-refractivity contribution >= 4 is 27.4 Å². The second-order valence-corrected chi connectivity index (χ2v) is 4.58. The number of hydrazine groups is 1. The van der Waals surface area contributed by atoms with Crippen LogP contribution in [-0.4, -0.2) is 9.91 Å². The van der Waals surface area contributed by atoms with Crippen molar-refractivity contribution < 1.29 is 18.4 Å². The zero-order valence-corrected chi connectivity index (χ0v) is 11.7. The van der Waals surface area contributed by atoms with Crippen molar-refractivity contribution in [3.05, 3.63) is 50.5 Å². The SMILES string of the molecule is NNc1nc(Oc2cc([N+](=O)[O-])ccc2Br)c(F)cc1F. The number of nitrogens with one attached hydrogen (secondary N) is 1. The lowest BCUT2D eigenvalue weighted by molar-refractivity contribution is -0.384. The molecule has 0 saturated carbocycles. The van der Waals surface area contributed by atoms with E-state index in [9.17, 15) is 18.9 Å². The van der Waals surface area contributed by atoms with Crippen LogP contribution in [-0.2, 0) is 0 Å². The summed E-state index contributed by atoms with van der Waals surface area (Å²) in [5.74, 6) is 1.90. The number of hydrogen-bond donors (Lipinski definition) is 2. The van der Waals surface area contributed by atoms with Crippen molar-refractivity contribution in [2.24, 2.45) is 5.84 Å². The van der Waals surface area contributed by atoms with Crippen molar-refractivity contribution in [2.75, 3.05) is 5.43 Å². The molecule has 0 radical (unpaired) electrons. The predicted molar refractivity (Wildman–Crippen MR) is 72.8 cm³/mol. The van der Waals surface area contributed by atoms with Crippen molar-refractivity contribution in [2.45, 2.75) is 0 Å². The van der Waals surface area contributed by atoms with Gasteiger partial charge in [0.2, 0.25) is 0 Å². The van der Waals surface area contributed by atoms with Crippen LogP contribution < -0.4 is 16.0 Å². The first-order chi connectivity index (χ1) is 9.92. The number of nitrogens with two attached hydrogens (primary N) is 1. The van der Waals surface area contributed by atoms with Crippen molar-refractivity contribution in [3.8, 4) is 11.6 Å². The number of halogens is 3. The van der Waals surface area contributed by atoms with E-state index in [-0.39, 0.29) is 11.4 Å². The van der Waals surface area contributed by atoms with Crippen LogP contribution in [0.15, 0.2) is 28.7 Å². The summed E-state index contributed by atoms with van der Waals surface area (Å²) in [6, 6.07) is 4.20. The molecule has 0 fully saturated rings. The van der Waals surface area contributed by atoms with E-state index >= 15 is 0 Å². The number of anilines is 1. The molecule has 0 aliphatic rings. The number of nitro groups is 1. The molecule has 1 aromatic carbocycles. The van der Waals surface area contributed by atoms with E-state index in [1.165, 1.54) is 12.1 Å². The number of hydrogen-bond acceptors (Lipinski definition) is 6. The predicted octanol–water partition coefficient (Wildman–Crippen LogP) is 3.11. The molecule has 0 atom stereocenters. The lowest BCUT2D eigenvalue weighted by atomic mass is 10.3. The van der Waals surface area contributed by atoms with E-state index in [1.807, 2.05) is 5.43 Å². The van der Waals surface area contributed by atoms with Crippen molar-refractivity contribution in [1.29, 1.82) is 0 Å². The summed E-state index contributed by atoms with van der Waals surface area (Å²) in [7, 11) is 0. The first kappa shape index (κ1) is 15.1. The zero-order valence-electron chi connectivity index (χ0n) is 10.1. The topological polar surface area (TPSA) is 103 Å². The Kier molecular flexibility index (Phi) is 4.29. The molecule has 3 N–H and O–H groups in total. The largest absolute Gasteiger partial charge is 0.435 e. The molecule has 0 amide bonds. The van der Waals surface area contributed by atoms with Gasteiger partial charge in [0, 0.05) is 12.1 Å². The minimum atomic E-state index is -1.08. The molecule has 0 saturated heterocycles. The quantitative estimate of drug-likeness (QED) is 0.493. The van der Waals surface area contributed by atoms with Crippen molar-refractivity contribution in [1.82, 2.24) is 4.98 Å². The Morgan fingerprint density at radius 1 is 1.33 bits per heavy atom. The van der Waals surface area contributed by atoms with Gasteiger partial charge in [0.05, 0.1) is 15.5 Å². The molecule has 0 unspecified atom stereocenters. The Labute approximate surface area is 125 Å². The van der Waals surface area contributed by atoms with Gasteiger partial charge in [-0.2, -0.15) is 4.98 Å². The van der Waals surface area contributed by atoms with E-state index < -0.39 is 28.3 Å². The molecule has 7 nitrogen and oxygen atoms in total. The highest BCUT2D eigenvalue weighted by Gasteiger charge is 2.16. The van der Waals surface area contributed by atoms with Crippen LogP contribution in [0.2, 0.25) is 0 Å². The number of rotatable bonds is 4. The third-order valence-corrected chi connectivity index (χ3v) is 3.02. The molecule has 2 aromatic rings. The first-order valence-electron chi connectivity index (χ1n) is 5.37. The third kappa shape index (κ3) is 3.23. The molecule has 1 heterocycles. The van der Waals surface area contributed by atoms with Crippen LogP contribution in [0.1, 0.15) is 0 Å². The fourth-order valence-electron chi connectivity index (χ4n) is 1.41. The number of non-ortho nitro benzene ring substituents is 1. The minimum absolute atomic E-state index is 0.0508. The third-order valence-electron chi connectivity index (χ3n) is 2.37. The molecular formula is C11H7BrF2N4O3. The summed E-state index contributed by atoms with van der Waals surface area (Å²) in [5, 5.41) is 10.7. The smallest absolute Gasteiger partial charge is 0.273 e. The molecular weight excluding hydrogens is 354 g/mol. The number of nitrogens with zero attached hydrogens (tertiary/aromatic N) is 2. The molecule has 1 aromatic heterocycles. The van der Waals surface area contributed by atoms with Gasteiger partial charge in [0.1, 0.15) is 0 Å². The van der Waals surface area contributed by atoms with Gasteiger partial charge in [-0.25, -0.2) is 14.6 Å². The van der Waals surface area contributed by atoms with Gasteiger partial charge in [-0.15, -0.1) is 0 Å². The van der Waals surface area contributed by atoms with E-state index in [2.05, 4.69) is 20.9 Å². The summed E-state index contributed by atoms with van der Waals surface area (Å²) in [6.07, 6.45) is 0. The Balaban J connectivity index is 2.42. The Morgan fingerprint density at radius 3 is 2.67 bits per heavy atom. The normalized spacial score (nSPS) is 10.3. The van der Waals surface area contributed by atoms with Gasteiger partial charge in [0.25, 0.3) is 11.6 Å². The Bertz CT molecular complexity index is 714. The molecule has 110 valence electrons. The van der Waals surface area contributed by atoms with E-state index in [1.54, 1.807) is 0 Å². The summed E-state index contributed by atoms with van der Waals surface area (Å²) in [5.41, 5.74) is 1.68. The van der Waals surface area contributed by atoms with Gasteiger partial charge in [-0.05, 0) is 22.0 Å². The number of ether oxygens (including phenoxy) is 1. The Morgan fingerprint density at radius 2 is 2.05 bits per heavy atom. The van der Waals surface area contributed by atoms with E-state index in [0.717, 1.165) is 6.07 Å². The van der Waals surface area contributed by atoms with Crippen LogP contribution >= 0.6 is 15.9 Å². The average molecular weight is 361 g/mol. The summed E-state index contributed by atoms with van der Waals surface area (Å²) in [4.78, 5) is 13.6. The van der Waals surface area contributed by atoms with Crippen molar-refractivity contribution in [3.63, 3.8) is 0 Å².